The SMILES string of the molecule is Br.CCCCCCCCCCCCCC[N+](C)(C)C.Cl.N. The molecule has 0 heterocycles. The van der Waals surface area contributed by atoms with Gasteiger partial charge in [0, 0.05) is 0 Å². The summed E-state index contributed by atoms with van der Waals surface area (Å²) in [4.78, 5) is 0. The van der Waals surface area contributed by atoms with Gasteiger partial charge in [0.05, 0.1) is 27.7 Å². The van der Waals surface area contributed by atoms with Gasteiger partial charge in [-0.25, -0.2) is 0 Å². The summed E-state index contributed by atoms with van der Waals surface area (Å²) in [5, 5.41) is 0. The predicted molar refractivity (Wildman–Crippen MR) is 107 cm³/mol. The van der Waals surface area contributed by atoms with Crippen molar-refractivity contribution in [1.82, 2.24) is 6.15 Å². The molecule has 0 unspecified atom stereocenters. The summed E-state index contributed by atoms with van der Waals surface area (Å²) >= 11 is 0. The topological polar surface area (TPSA) is 35.0 Å². The average molecular weight is 391 g/mol. The van der Waals surface area contributed by atoms with E-state index < -0.39 is 0 Å². The Balaban J connectivity index is -0.000000482. The highest BCUT2D eigenvalue weighted by atomic mass is 79.9. The zero-order valence-electron chi connectivity index (χ0n) is 15.2. The van der Waals surface area contributed by atoms with Gasteiger partial charge in [-0.3, -0.25) is 0 Å². The highest BCUT2D eigenvalue weighted by Crippen LogP contribution is 2.12. The summed E-state index contributed by atoms with van der Waals surface area (Å²) in [6, 6.07) is 0. The van der Waals surface area contributed by atoms with Crippen molar-refractivity contribution in [2.75, 3.05) is 27.7 Å². The molecule has 2 nitrogen and oxygen atoms in total. The Morgan fingerprint density at radius 3 is 1.14 bits per heavy atom. The van der Waals surface area contributed by atoms with Crippen molar-refractivity contribution in [2.24, 2.45) is 0 Å². The number of quaternary nitrogens is 1. The molecule has 21 heavy (non-hydrogen) atoms. The van der Waals surface area contributed by atoms with Crippen molar-refractivity contribution >= 4 is 29.4 Å². The van der Waals surface area contributed by atoms with E-state index in [0.29, 0.717) is 0 Å². The van der Waals surface area contributed by atoms with Crippen LogP contribution in [0.1, 0.15) is 84.0 Å². The zero-order valence-corrected chi connectivity index (χ0v) is 17.7. The van der Waals surface area contributed by atoms with E-state index in [2.05, 4.69) is 28.1 Å². The monoisotopic (exact) mass is 389 g/mol. The van der Waals surface area contributed by atoms with E-state index in [-0.39, 0.29) is 35.5 Å². The fourth-order valence-electron chi connectivity index (χ4n) is 2.43. The number of halogens is 2. The van der Waals surface area contributed by atoms with Crippen LogP contribution in [0.5, 0.6) is 0 Å². The number of unbranched alkanes of at least 4 members (excludes halogenated alkanes) is 11. The Morgan fingerprint density at radius 2 is 0.857 bits per heavy atom. The van der Waals surface area contributed by atoms with Crippen molar-refractivity contribution in [1.29, 1.82) is 0 Å². The molecule has 0 aliphatic heterocycles. The minimum Gasteiger partial charge on any atom is -0.344 e. The summed E-state index contributed by atoms with van der Waals surface area (Å²) in [5.74, 6) is 0. The molecule has 134 valence electrons. The number of hydrogen-bond donors (Lipinski definition) is 1. The molecule has 0 saturated heterocycles. The van der Waals surface area contributed by atoms with Crippen molar-refractivity contribution in [3.05, 3.63) is 0 Å². The van der Waals surface area contributed by atoms with E-state index in [1.165, 1.54) is 83.6 Å². The van der Waals surface area contributed by atoms with Gasteiger partial charge in [-0.2, -0.15) is 0 Å². The summed E-state index contributed by atoms with van der Waals surface area (Å²) in [5.41, 5.74) is 0. The van der Waals surface area contributed by atoms with Gasteiger partial charge in [0.25, 0.3) is 0 Å². The molecule has 0 spiro atoms. The van der Waals surface area contributed by atoms with Gasteiger partial charge in [-0.1, -0.05) is 71.1 Å². The maximum absolute atomic E-state index is 2.29. The molecule has 0 aromatic rings. The molecule has 0 bridgehead atoms. The van der Waals surface area contributed by atoms with E-state index >= 15 is 0 Å². The quantitative estimate of drug-likeness (QED) is 0.280. The van der Waals surface area contributed by atoms with Crippen LogP contribution in [0, 0.1) is 0 Å². The summed E-state index contributed by atoms with van der Waals surface area (Å²) in [7, 11) is 6.87. The standard InChI is InChI=1S/C17H38N.BrH.ClH.H3N/c1-5-6-7-8-9-10-11-12-13-14-15-16-17-18(2,3)4;;;/h5-17H2,1-4H3;2*1H;1H3/q+1;;;. The Bertz CT molecular complexity index is 173. The van der Waals surface area contributed by atoms with Crippen LogP contribution in [-0.4, -0.2) is 32.2 Å². The maximum atomic E-state index is 2.29. The molecule has 0 radical (unpaired) electrons. The highest BCUT2D eigenvalue weighted by molar-refractivity contribution is 8.93. The molecule has 0 aromatic carbocycles. The molecule has 3 N–H and O–H groups in total. The molecular formula is C17H43BrClN2+. The third-order valence-corrected chi connectivity index (χ3v) is 3.68. The van der Waals surface area contributed by atoms with Crippen molar-refractivity contribution in [3.8, 4) is 0 Å². The van der Waals surface area contributed by atoms with Gasteiger partial charge in [-0.05, 0) is 12.8 Å². The van der Waals surface area contributed by atoms with E-state index in [9.17, 15) is 0 Å². The van der Waals surface area contributed by atoms with Crippen LogP contribution in [0.2, 0.25) is 0 Å². The second-order valence-electron chi connectivity index (χ2n) is 6.90. The van der Waals surface area contributed by atoms with E-state index in [1.54, 1.807) is 0 Å². The van der Waals surface area contributed by atoms with Gasteiger partial charge in [0.1, 0.15) is 0 Å². The minimum absolute atomic E-state index is 0. The average Bonchev–Trinajstić information content (AvgIpc) is 2.29. The fourth-order valence-corrected chi connectivity index (χ4v) is 2.43. The van der Waals surface area contributed by atoms with Crippen LogP contribution in [0.4, 0.5) is 0 Å². The van der Waals surface area contributed by atoms with Crippen molar-refractivity contribution in [3.63, 3.8) is 0 Å². The molecule has 0 aromatic heterocycles. The second kappa shape index (κ2) is 20.7. The van der Waals surface area contributed by atoms with Crippen LogP contribution in [0.15, 0.2) is 0 Å². The van der Waals surface area contributed by atoms with Crippen LogP contribution in [0.3, 0.4) is 0 Å². The lowest BCUT2D eigenvalue weighted by atomic mass is 10.1. The third kappa shape index (κ3) is 29.4. The molecule has 0 fully saturated rings. The smallest absolute Gasteiger partial charge is 0.0780 e. The molecule has 4 heteroatoms. The predicted octanol–water partition coefficient (Wildman–Crippen LogP) is 6.56. The minimum atomic E-state index is 0. The van der Waals surface area contributed by atoms with E-state index in [0.717, 1.165) is 4.48 Å². The highest BCUT2D eigenvalue weighted by Gasteiger charge is 2.04. The normalized spacial score (nSPS) is 10.3. The molecular weight excluding hydrogens is 348 g/mol. The van der Waals surface area contributed by atoms with Gasteiger partial charge >= 0.3 is 0 Å². The van der Waals surface area contributed by atoms with Crippen LogP contribution in [0.25, 0.3) is 0 Å². The van der Waals surface area contributed by atoms with Crippen molar-refractivity contribution in [2.45, 2.75) is 84.0 Å². The number of rotatable bonds is 13. The van der Waals surface area contributed by atoms with Gasteiger partial charge in [-0.15, -0.1) is 29.4 Å². The Hall–Kier alpha value is 0.690. The summed E-state index contributed by atoms with van der Waals surface area (Å²) < 4.78 is 1.12. The van der Waals surface area contributed by atoms with Crippen LogP contribution >= 0.6 is 29.4 Å². The Morgan fingerprint density at radius 1 is 0.571 bits per heavy atom. The first-order chi connectivity index (χ1) is 8.56. The molecule has 0 aliphatic rings. The first kappa shape index (κ1) is 29.7. The van der Waals surface area contributed by atoms with E-state index in [1.807, 2.05) is 0 Å². The molecule has 0 atom stereocenters. The molecule has 0 aliphatic carbocycles. The Kier molecular flexibility index (Phi) is 29.2. The van der Waals surface area contributed by atoms with Crippen molar-refractivity contribution < 1.29 is 4.48 Å². The summed E-state index contributed by atoms with van der Waals surface area (Å²) in [6.07, 6.45) is 17.4. The number of hydrogen-bond acceptors (Lipinski definition) is 1. The van der Waals surface area contributed by atoms with Gasteiger partial charge in [0.15, 0.2) is 0 Å². The lowest BCUT2D eigenvalue weighted by Gasteiger charge is -2.23. The second-order valence-corrected chi connectivity index (χ2v) is 6.90. The molecule has 0 saturated carbocycles. The molecule has 0 rings (SSSR count). The van der Waals surface area contributed by atoms with Gasteiger partial charge < -0.3 is 10.6 Å². The van der Waals surface area contributed by atoms with E-state index in [4.69, 9.17) is 0 Å². The lowest BCUT2D eigenvalue weighted by Crippen LogP contribution is -2.35. The maximum Gasteiger partial charge on any atom is 0.0780 e. The first-order valence-electron chi connectivity index (χ1n) is 8.36. The molecule has 0 amide bonds. The Labute approximate surface area is 151 Å². The zero-order chi connectivity index (χ0) is 13.7. The van der Waals surface area contributed by atoms with Gasteiger partial charge in [0.2, 0.25) is 0 Å². The fraction of sp³-hybridized carbons (Fsp3) is 1.00. The first-order valence-corrected chi connectivity index (χ1v) is 8.36. The summed E-state index contributed by atoms with van der Waals surface area (Å²) in [6.45, 7) is 3.62. The number of nitrogens with zero attached hydrogens (tertiary/aromatic N) is 1. The van der Waals surface area contributed by atoms with Crippen LogP contribution in [-0.2, 0) is 0 Å². The largest absolute Gasteiger partial charge is 0.344 e. The lowest BCUT2D eigenvalue weighted by molar-refractivity contribution is -0.870. The third-order valence-electron chi connectivity index (χ3n) is 3.68. The van der Waals surface area contributed by atoms with Crippen LogP contribution < -0.4 is 6.15 Å².